The van der Waals surface area contributed by atoms with Crippen molar-refractivity contribution in [2.45, 2.75) is 25.3 Å². The lowest BCUT2D eigenvalue weighted by atomic mass is 10.1. The van der Waals surface area contributed by atoms with Crippen molar-refractivity contribution in [2.75, 3.05) is 0 Å². The van der Waals surface area contributed by atoms with E-state index in [9.17, 15) is 4.79 Å². The molecule has 0 spiro atoms. The van der Waals surface area contributed by atoms with Crippen LogP contribution in [0.2, 0.25) is 0 Å². The van der Waals surface area contributed by atoms with Gasteiger partial charge in [-0.1, -0.05) is 18.2 Å². The van der Waals surface area contributed by atoms with Gasteiger partial charge < -0.3 is 5.32 Å². The first kappa shape index (κ1) is 10.3. The van der Waals surface area contributed by atoms with E-state index in [1.807, 2.05) is 30.3 Å². The van der Waals surface area contributed by atoms with Crippen molar-refractivity contribution < 1.29 is 4.79 Å². The lowest BCUT2D eigenvalue weighted by Crippen LogP contribution is -2.27. The van der Waals surface area contributed by atoms with Crippen molar-refractivity contribution in [1.82, 2.24) is 10.3 Å². The highest BCUT2D eigenvalue weighted by Crippen LogP contribution is 2.20. The molecule has 86 valence electrons. The molecule has 3 rings (SSSR count). The minimum atomic E-state index is 0.115. The number of para-hydroxylation sites is 1. The Morgan fingerprint density at radius 1 is 1.29 bits per heavy atom. The first-order valence-electron chi connectivity index (χ1n) is 5.95. The average Bonchev–Trinajstić information content (AvgIpc) is 3.13. The maximum Gasteiger partial charge on any atom is 0.224 e. The zero-order valence-corrected chi connectivity index (χ0v) is 9.52. The summed E-state index contributed by atoms with van der Waals surface area (Å²) in [7, 11) is 0. The van der Waals surface area contributed by atoms with Gasteiger partial charge in [-0.2, -0.15) is 0 Å². The van der Waals surface area contributed by atoms with E-state index in [4.69, 9.17) is 0 Å². The van der Waals surface area contributed by atoms with Crippen LogP contribution in [0.25, 0.3) is 10.9 Å². The van der Waals surface area contributed by atoms with Gasteiger partial charge in [-0.25, -0.2) is 0 Å². The van der Waals surface area contributed by atoms with Gasteiger partial charge in [-0.3, -0.25) is 9.78 Å². The molecule has 0 unspecified atom stereocenters. The molecular weight excluding hydrogens is 212 g/mol. The molecule has 3 heteroatoms. The van der Waals surface area contributed by atoms with E-state index in [0.29, 0.717) is 12.5 Å². The minimum Gasteiger partial charge on any atom is -0.353 e. The van der Waals surface area contributed by atoms with Gasteiger partial charge in [0.1, 0.15) is 0 Å². The summed E-state index contributed by atoms with van der Waals surface area (Å²) < 4.78 is 0. The summed E-state index contributed by atoms with van der Waals surface area (Å²) in [4.78, 5) is 16.1. The third kappa shape index (κ3) is 2.28. The van der Waals surface area contributed by atoms with Crippen LogP contribution in [0.15, 0.2) is 36.5 Å². The van der Waals surface area contributed by atoms with Crippen LogP contribution in [0.5, 0.6) is 0 Å². The molecule has 1 aliphatic rings. The van der Waals surface area contributed by atoms with Crippen molar-refractivity contribution in [3.8, 4) is 0 Å². The minimum absolute atomic E-state index is 0.115. The fraction of sp³-hybridized carbons (Fsp3) is 0.286. The molecule has 1 amide bonds. The Kier molecular flexibility index (Phi) is 2.52. The Balaban J connectivity index is 1.86. The second kappa shape index (κ2) is 4.17. The smallest absolute Gasteiger partial charge is 0.224 e. The molecule has 0 aliphatic heterocycles. The van der Waals surface area contributed by atoms with E-state index in [-0.39, 0.29) is 5.91 Å². The SMILES string of the molecule is O=C(Cc1ccnc2ccccc12)NC1CC1. The van der Waals surface area contributed by atoms with E-state index in [1.165, 1.54) is 0 Å². The van der Waals surface area contributed by atoms with Crippen LogP contribution in [-0.4, -0.2) is 16.9 Å². The molecule has 1 aromatic carbocycles. The van der Waals surface area contributed by atoms with Crippen LogP contribution < -0.4 is 5.32 Å². The second-order valence-electron chi connectivity index (χ2n) is 4.51. The molecule has 0 radical (unpaired) electrons. The molecule has 3 nitrogen and oxygen atoms in total. The molecule has 1 fully saturated rings. The number of pyridine rings is 1. The maximum atomic E-state index is 11.8. The van der Waals surface area contributed by atoms with E-state index < -0.39 is 0 Å². The predicted octanol–water partition coefficient (Wildman–Crippen LogP) is 2.06. The quantitative estimate of drug-likeness (QED) is 0.870. The summed E-state index contributed by atoms with van der Waals surface area (Å²) in [6, 6.07) is 10.3. The number of benzene rings is 1. The van der Waals surface area contributed by atoms with Gasteiger partial charge in [0.05, 0.1) is 11.9 Å². The molecule has 2 aromatic rings. The molecule has 1 heterocycles. The highest BCUT2D eigenvalue weighted by atomic mass is 16.1. The van der Waals surface area contributed by atoms with E-state index in [2.05, 4.69) is 10.3 Å². The van der Waals surface area contributed by atoms with Crippen molar-refractivity contribution in [1.29, 1.82) is 0 Å². The Morgan fingerprint density at radius 2 is 2.12 bits per heavy atom. The van der Waals surface area contributed by atoms with Crippen molar-refractivity contribution in [3.05, 3.63) is 42.1 Å². The molecule has 1 saturated carbocycles. The van der Waals surface area contributed by atoms with Crippen LogP contribution in [0.4, 0.5) is 0 Å². The number of nitrogens with one attached hydrogen (secondary N) is 1. The van der Waals surface area contributed by atoms with E-state index in [1.54, 1.807) is 6.20 Å². The zero-order chi connectivity index (χ0) is 11.7. The van der Waals surface area contributed by atoms with Crippen molar-refractivity contribution in [3.63, 3.8) is 0 Å². The standard InChI is InChI=1S/C14H14N2O/c17-14(16-11-5-6-11)9-10-7-8-15-13-4-2-1-3-12(10)13/h1-4,7-8,11H,5-6,9H2,(H,16,17). The second-order valence-corrected chi connectivity index (χ2v) is 4.51. The Bertz CT molecular complexity index is 556. The summed E-state index contributed by atoms with van der Waals surface area (Å²) in [6.07, 6.45) is 4.47. The summed E-state index contributed by atoms with van der Waals surface area (Å²) in [6.45, 7) is 0. The zero-order valence-electron chi connectivity index (χ0n) is 9.52. The van der Waals surface area contributed by atoms with Gasteiger partial charge in [0.15, 0.2) is 0 Å². The number of hydrogen-bond donors (Lipinski definition) is 1. The van der Waals surface area contributed by atoms with Crippen LogP contribution in [0.3, 0.4) is 0 Å². The lowest BCUT2D eigenvalue weighted by molar-refractivity contribution is -0.120. The number of fused-ring (bicyclic) bond motifs is 1. The average molecular weight is 226 g/mol. The number of amides is 1. The van der Waals surface area contributed by atoms with Gasteiger partial charge >= 0.3 is 0 Å². The molecule has 1 N–H and O–H groups in total. The maximum absolute atomic E-state index is 11.8. The van der Waals surface area contributed by atoms with Crippen LogP contribution in [0.1, 0.15) is 18.4 Å². The van der Waals surface area contributed by atoms with Crippen molar-refractivity contribution >= 4 is 16.8 Å². The van der Waals surface area contributed by atoms with Crippen molar-refractivity contribution in [2.24, 2.45) is 0 Å². The molecule has 0 bridgehead atoms. The van der Waals surface area contributed by atoms with Gasteiger partial charge in [0.25, 0.3) is 0 Å². The Morgan fingerprint density at radius 3 is 2.94 bits per heavy atom. The fourth-order valence-electron chi connectivity index (χ4n) is 1.99. The van der Waals surface area contributed by atoms with Gasteiger partial charge in [0.2, 0.25) is 5.91 Å². The molecule has 1 aliphatic carbocycles. The fourth-order valence-corrected chi connectivity index (χ4v) is 1.99. The number of nitrogens with zero attached hydrogens (tertiary/aromatic N) is 1. The lowest BCUT2D eigenvalue weighted by Gasteiger charge is -2.06. The van der Waals surface area contributed by atoms with Gasteiger partial charge in [-0.05, 0) is 30.5 Å². The molecular formula is C14H14N2O. The highest BCUT2D eigenvalue weighted by Gasteiger charge is 2.23. The molecule has 0 atom stereocenters. The summed E-state index contributed by atoms with van der Waals surface area (Å²) >= 11 is 0. The molecule has 0 saturated heterocycles. The van der Waals surface area contributed by atoms with Gasteiger partial charge in [-0.15, -0.1) is 0 Å². The first-order chi connectivity index (χ1) is 8.33. The molecule has 1 aromatic heterocycles. The monoisotopic (exact) mass is 226 g/mol. The van der Waals surface area contributed by atoms with Crippen LogP contribution in [0, 0.1) is 0 Å². The third-order valence-corrected chi connectivity index (χ3v) is 3.03. The Labute approximate surface area is 99.9 Å². The number of rotatable bonds is 3. The predicted molar refractivity (Wildman–Crippen MR) is 66.6 cm³/mol. The summed E-state index contributed by atoms with van der Waals surface area (Å²) in [5, 5.41) is 4.08. The number of carbonyl (C=O) groups excluding carboxylic acids is 1. The van der Waals surface area contributed by atoms with Gasteiger partial charge in [0, 0.05) is 17.6 Å². The summed E-state index contributed by atoms with van der Waals surface area (Å²) in [5.41, 5.74) is 2.00. The summed E-state index contributed by atoms with van der Waals surface area (Å²) in [5.74, 6) is 0.115. The van der Waals surface area contributed by atoms with Crippen LogP contribution in [-0.2, 0) is 11.2 Å². The topological polar surface area (TPSA) is 42.0 Å². The third-order valence-electron chi connectivity index (χ3n) is 3.03. The first-order valence-corrected chi connectivity index (χ1v) is 5.95. The highest BCUT2D eigenvalue weighted by molar-refractivity contribution is 5.88. The van der Waals surface area contributed by atoms with E-state index in [0.717, 1.165) is 29.3 Å². The Hall–Kier alpha value is -1.90. The number of aromatic nitrogens is 1. The normalized spacial score (nSPS) is 14.8. The molecule has 17 heavy (non-hydrogen) atoms. The van der Waals surface area contributed by atoms with Crippen LogP contribution >= 0.6 is 0 Å². The number of carbonyl (C=O) groups is 1. The largest absolute Gasteiger partial charge is 0.353 e. The van der Waals surface area contributed by atoms with E-state index >= 15 is 0 Å². The number of hydrogen-bond acceptors (Lipinski definition) is 2.